The Labute approximate surface area is 120 Å². The Bertz CT molecular complexity index is 415. The fourth-order valence-electron chi connectivity index (χ4n) is 2.63. The van der Waals surface area contributed by atoms with Crippen molar-refractivity contribution in [1.82, 2.24) is 20.2 Å². The molecular weight excluding hydrogens is 254 g/mol. The molecule has 1 aromatic rings. The van der Waals surface area contributed by atoms with Gasteiger partial charge in [0.05, 0.1) is 12.2 Å². The van der Waals surface area contributed by atoms with E-state index in [1.165, 1.54) is 0 Å². The van der Waals surface area contributed by atoms with Gasteiger partial charge in [0.1, 0.15) is 0 Å². The van der Waals surface area contributed by atoms with Gasteiger partial charge in [-0.15, -0.1) is 0 Å². The predicted octanol–water partition coefficient (Wildman–Crippen LogP) is -0.0229. The number of nitrogens with zero attached hydrogens (tertiary/aromatic N) is 4. The fraction of sp³-hybridized carbons (Fsp3) is 0.714. The van der Waals surface area contributed by atoms with Crippen LogP contribution >= 0.6 is 0 Å². The lowest BCUT2D eigenvalue weighted by Gasteiger charge is -2.40. The normalized spacial score (nSPS) is 22.6. The molecule has 20 heavy (non-hydrogen) atoms. The standard InChI is InChI=1S/C14H23N5O/c1-14(11-15-12-14)20-10-9-18-5-7-19(8-6-18)13-16-3-2-4-17-13/h2-4,15H,5-12H2,1H3. The second-order valence-electron chi connectivity index (χ2n) is 5.78. The Hall–Kier alpha value is -1.24. The van der Waals surface area contributed by atoms with Crippen LogP contribution in [0.1, 0.15) is 6.92 Å². The topological polar surface area (TPSA) is 53.5 Å². The van der Waals surface area contributed by atoms with Crippen molar-refractivity contribution < 1.29 is 4.74 Å². The van der Waals surface area contributed by atoms with Crippen molar-refractivity contribution in [3.8, 4) is 0 Å². The molecule has 3 heterocycles. The summed E-state index contributed by atoms with van der Waals surface area (Å²) in [4.78, 5) is 13.3. The molecule has 6 heteroatoms. The summed E-state index contributed by atoms with van der Waals surface area (Å²) >= 11 is 0. The highest BCUT2D eigenvalue weighted by Gasteiger charge is 2.32. The van der Waals surface area contributed by atoms with Crippen molar-refractivity contribution >= 4 is 5.95 Å². The summed E-state index contributed by atoms with van der Waals surface area (Å²) in [5, 5.41) is 3.25. The summed E-state index contributed by atoms with van der Waals surface area (Å²) < 4.78 is 5.94. The Morgan fingerprint density at radius 3 is 2.50 bits per heavy atom. The number of piperazine rings is 1. The molecule has 0 saturated carbocycles. The number of hydrogen-bond acceptors (Lipinski definition) is 6. The Kier molecular flexibility index (Phi) is 4.14. The molecule has 0 unspecified atom stereocenters. The highest BCUT2D eigenvalue weighted by molar-refractivity contribution is 5.29. The van der Waals surface area contributed by atoms with Gasteiger partial charge in [0.25, 0.3) is 0 Å². The van der Waals surface area contributed by atoms with Crippen LogP contribution in [0, 0.1) is 0 Å². The molecule has 6 nitrogen and oxygen atoms in total. The first-order valence-corrected chi connectivity index (χ1v) is 7.34. The minimum absolute atomic E-state index is 0.0691. The molecule has 0 bridgehead atoms. The lowest BCUT2D eigenvalue weighted by atomic mass is 10.0. The third-order valence-electron chi connectivity index (χ3n) is 4.06. The minimum Gasteiger partial charge on any atom is -0.371 e. The van der Waals surface area contributed by atoms with Gasteiger partial charge < -0.3 is 15.0 Å². The molecule has 0 radical (unpaired) electrons. The quantitative estimate of drug-likeness (QED) is 0.816. The van der Waals surface area contributed by atoms with Crippen molar-refractivity contribution in [1.29, 1.82) is 0 Å². The van der Waals surface area contributed by atoms with Crippen molar-refractivity contribution in [3.63, 3.8) is 0 Å². The van der Waals surface area contributed by atoms with Gasteiger partial charge in [-0.1, -0.05) is 0 Å². The number of anilines is 1. The molecule has 0 aromatic carbocycles. The van der Waals surface area contributed by atoms with E-state index in [-0.39, 0.29) is 5.60 Å². The average Bonchev–Trinajstić information content (AvgIpc) is 2.47. The molecule has 0 atom stereocenters. The highest BCUT2D eigenvalue weighted by atomic mass is 16.5. The predicted molar refractivity (Wildman–Crippen MR) is 77.9 cm³/mol. The smallest absolute Gasteiger partial charge is 0.225 e. The Morgan fingerprint density at radius 1 is 1.20 bits per heavy atom. The van der Waals surface area contributed by atoms with Crippen LogP contribution in [0.15, 0.2) is 18.5 Å². The van der Waals surface area contributed by atoms with E-state index in [9.17, 15) is 0 Å². The monoisotopic (exact) mass is 277 g/mol. The van der Waals surface area contributed by atoms with E-state index in [0.717, 1.165) is 58.4 Å². The minimum atomic E-state index is 0.0691. The van der Waals surface area contributed by atoms with Crippen LogP contribution in [0.4, 0.5) is 5.95 Å². The number of rotatable bonds is 5. The molecule has 0 aliphatic carbocycles. The van der Waals surface area contributed by atoms with Crippen LogP contribution in [0.5, 0.6) is 0 Å². The molecule has 1 aromatic heterocycles. The van der Waals surface area contributed by atoms with E-state index in [1.807, 2.05) is 6.07 Å². The third kappa shape index (κ3) is 3.26. The van der Waals surface area contributed by atoms with Gasteiger partial charge in [-0.25, -0.2) is 9.97 Å². The van der Waals surface area contributed by atoms with Gasteiger partial charge in [0, 0.05) is 58.2 Å². The third-order valence-corrected chi connectivity index (χ3v) is 4.06. The summed E-state index contributed by atoms with van der Waals surface area (Å²) in [6.07, 6.45) is 3.60. The zero-order chi connectivity index (χ0) is 13.8. The second-order valence-corrected chi connectivity index (χ2v) is 5.78. The molecule has 2 fully saturated rings. The van der Waals surface area contributed by atoms with E-state index in [2.05, 4.69) is 32.0 Å². The Morgan fingerprint density at radius 2 is 1.90 bits per heavy atom. The van der Waals surface area contributed by atoms with Crippen LogP contribution in [-0.4, -0.2) is 72.9 Å². The summed E-state index contributed by atoms with van der Waals surface area (Å²) in [5.74, 6) is 0.844. The van der Waals surface area contributed by atoms with Crippen LogP contribution in [-0.2, 0) is 4.74 Å². The molecule has 110 valence electrons. The zero-order valence-corrected chi connectivity index (χ0v) is 12.1. The summed E-state index contributed by atoms with van der Waals surface area (Å²) in [7, 11) is 0. The molecule has 1 N–H and O–H groups in total. The lowest BCUT2D eigenvalue weighted by molar-refractivity contribution is -0.0723. The average molecular weight is 277 g/mol. The highest BCUT2D eigenvalue weighted by Crippen LogP contribution is 2.15. The SMILES string of the molecule is CC1(OCCN2CCN(c3ncccn3)CC2)CNC1. The van der Waals surface area contributed by atoms with Gasteiger partial charge in [0.2, 0.25) is 5.95 Å². The molecule has 0 amide bonds. The van der Waals surface area contributed by atoms with Crippen LogP contribution in [0.3, 0.4) is 0 Å². The van der Waals surface area contributed by atoms with Crippen molar-refractivity contribution in [2.75, 3.05) is 57.3 Å². The molecule has 0 spiro atoms. The van der Waals surface area contributed by atoms with Crippen molar-refractivity contribution in [2.45, 2.75) is 12.5 Å². The van der Waals surface area contributed by atoms with Crippen molar-refractivity contribution in [3.05, 3.63) is 18.5 Å². The maximum Gasteiger partial charge on any atom is 0.225 e. The second kappa shape index (κ2) is 6.03. The molecule has 3 rings (SSSR count). The van der Waals surface area contributed by atoms with E-state index in [4.69, 9.17) is 4.74 Å². The van der Waals surface area contributed by atoms with Gasteiger partial charge >= 0.3 is 0 Å². The van der Waals surface area contributed by atoms with E-state index in [0.29, 0.717) is 0 Å². The van der Waals surface area contributed by atoms with Gasteiger partial charge in [-0.2, -0.15) is 0 Å². The molecule has 2 saturated heterocycles. The zero-order valence-electron chi connectivity index (χ0n) is 12.1. The number of ether oxygens (including phenoxy) is 1. The Balaban J connectivity index is 1.38. The maximum atomic E-state index is 5.94. The first-order valence-electron chi connectivity index (χ1n) is 7.34. The van der Waals surface area contributed by atoms with Gasteiger partial charge in [-0.3, -0.25) is 4.90 Å². The first kappa shape index (κ1) is 13.7. The fourth-order valence-corrected chi connectivity index (χ4v) is 2.63. The van der Waals surface area contributed by atoms with Crippen LogP contribution < -0.4 is 10.2 Å². The first-order chi connectivity index (χ1) is 9.75. The van der Waals surface area contributed by atoms with Crippen molar-refractivity contribution in [2.24, 2.45) is 0 Å². The largest absolute Gasteiger partial charge is 0.371 e. The number of hydrogen-bond donors (Lipinski definition) is 1. The van der Waals surface area contributed by atoms with Gasteiger partial charge in [-0.05, 0) is 13.0 Å². The molecule has 2 aliphatic rings. The van der Waals surface area contributed by atoms with E-state index >= 15 is 0 Å². The maximum absolute atomic E-state index is 5.94. The summed E-state index contributed by atoms with van der Waals surface area (Å²) in [6, 6.07) is 1.85. The molecular formula is C14H23N5O. The number of nitrogens with one attached hydrogen (secondary N) is 1. The van der Waals surface area contributed by atoms with Crippen LogP contribution in [0.2, 0.25) is 0 Å². The van der Waals surface area contributed by atoms with E-state index < -0.39 is 0 Å². The number of aromatic nitrogens is 2. The van der Waals surface area contributed by atoms with E-state index in [1.54, 1.807) is 12.4 Å². The summed E-state index contributed by atoms with van der Waals surface area (Å²) in [6.45, 7) is 10.0. The summed E-state index contributed by atoms with van der Waals surface area (Å²) in [5.41, 5.74) is 0.0691. The lowest BCUT2D eigenvalue weighted by Crippen LogP contribution is -2.59. The van der Waals surface area contributed by atoms with Crippen LogP contribution in [0.25, 0.3) is 0 Å². The molecule has 2 aliphatic heterocycles. The van der Waals surface area contributed by atoms with Gasteiger partial charge in [0.15, 0.2) is 0 Å².